The monoisotopic (exact) mass is 469 g/mol. The third-order valence-electron chi connectivity index (χ3n) is 4.89. The second-order valence-electron chi connectivity index (χ2n) is 9.18. The summed E-state index contributed by atoms with van der Waals surface area (Å²) < 4.78 is 39.6. The van der Waals surface area contributed by atoms with Crippen LogP contribution in [0.3, 0.4) is 0 Å². The highest BCUT2D eigenvalue weighted by Crippen LogP contribution is 2.31. The molecule has 2 aromatic carbocycles. The summed E-state index contributed by atoms with van der Waals surface area (Å²) in [6.45, 7) is 9.28. The van der Waals surface area contributed by atoms with Crippen molar-refractivity contribution in [3.8, 4) is 5.69 Å². The Labute approximate surface area is 194 Å². The van der Waals surface area contributed by atoms with Crippen LogP contribution in [0.5, 0.6) is 0 Å². The van der Waals surface area contributed by atoms with Crippen LogP contribution < -0.4 is 5.32 Å². The zero-order valence-corrected chi connectivity index (χ0v) is 20.4. The molecule has 1 heterocycles. The summed E-state index contributed by atoms with van der Waals surface area (Å²) in [5, 5.41) is 6.28. The molecule has 3 aromatic rings. The van der Waals surface area contributed by atoms with E-state index in [0.717, 1.165) is 5.56 Å². The summed E-state index contributed by atoms with van der Waals surface area (Å²) in [4.78, 5) is 12.0. The molecule has 33 heavy (non-hydrogen) atoms. The maximum Gasteiger partial charge on any atom is 0.508 e. The summed E-state index contributed by atoms with van der Waals surface area (Å²) in [6, 6.07) is 13.5. The van der Waals surface area contributed by atoms with E-state index in [1.54, 1.807) is 32.3 Å². The van der Waals surface area contributed by atoms with Crippen LogP contribution in [0.4, 0.5) is 14.9 Å². The van der Waals surface area contributed by atoms with Gasteiger partial charge in [-0.3, -0.25) is 5.32 Å². The highest BCUT2D eigenvalue weighted by Gasteiger charge is 2.35. The first-order chi connectivity index (χ1) is 15.5. The number of anilines is 1. The quantitative estimate of drug-likeness (QED) is 0.447. The van der Waals surface area contributed by atoms with E-state index in [4.69, 9.17) is 9.16 Å². The van der Waals surface area contributed by atoms with Gasteiger partial charge in [0.15, 0.2) is 5.82 Å². The summed E-state index contributed by atoms with van der Waals surface area (Å²) in [5.41, 5.74) is 1.11. The highest BCUT2D eigenvalue weighted by molar-refractivity contribution is 6.39. The van der Waals surface area contributed by atoms with E-state index >= 15 is 0 Å². The maximum absolute atomic E-state index is 14.8. The first-order valence-corrected chi connectivity index (χ1v) is 11.8. The summed E-state index contributed by atoms with van der Waals surface area (Å²) in [6.07, 6.45) is 2.52. The molecule has 1 amide bonds. The van der Waals surface area contributed by atoms with Gasteiger partial charge in [-0.2, -0.15) is 5.10 Å². The Morgan fingerprint density at radius 1 is 1.12 bits per heavy atom. The zero-order valence-electron chi connectivity index (χ0n) is 19.4. The molecule has 0 aliphatic heterocycles. The number of rotatable bonds is 7. The van der Waals surface area contributed by atoms with E-state index in [-0.39, 0.29) is 18.0 Å². The van der Waals surface area contributed by atoms with Gasteiger partial charge in [-0.25, -0.2) is 13.9 Å². The van der Waals surface area contributed by atoms with Crippen molar-refractivity contribution in [1.82, 2.24) is 9.78 Å². The smallest absolute Gasteiger partial charge is 0.508 e. The van der Waals surface area contributed by atoms with E-state index in [9.17, 15) is 13.6 Å². The summed E-state index contributed by atoms with van der Waals surface area (Å²) in [7, 11) is -2.32. The molecule has 174 valence electrons. The fourth-order valence-electron chi connectivity index (χ4n) is 2.86. The predicted octanol–water partition coefficient (Wildman–Crippen LogP) is 5.73. The lowest BCUT2D eigenvalue weighted by Crippen LogP contribution is -2.31. The number of aromatic nitrogens is 2. The number of halogens is 1. The molecule has 0 unspecified atom stereocenters. The Balaban J connectivity index is 1.67. The van der Waals surface area contributed by atoms with E-state index in [2.05, 4.69) is 10.4 Å². The van der Waals surface area contributed by atoms with Crippen LogP contribution in [-0.4, -0.2) is 24.8 Å². The predicted molar refractivity (Wildman–Crippen MR) is 124 cm³/mol. The fraction of sp³-hybridized carbons (Fsp3) is 0.333. The number of carbonyl (C=O) groups is 1. The van der Waals surface area contributed by atoms with Gasteiger partial charge < -0.3 is 13.6 Å². The molecule has 0 fully saturated rings. The Bertz CT molecular complexity index is 1140. The molecule has 9 heteroatoms. The second-order valence-corrected chi connectivity index (χ2v) is 11.5. The number of benzene rings is 2. The SMILES string of the molecule is CC(C)(O[Si](=O)C(C)(C)C)c1cnn(-c2ccc(NC(=O)OCc3ccccc3)cc2F)c1. The van der Waals surface area contributed by atoms with Crippen molar-refractivity contribution in [3.63, 3.8) is 0 Å². The van der Waals surface area contributed by atoms with E-state index in [1.807, 2.05) is 51.1 Å². The van der Waals surface area contributed by atoms with E-state index in [0.29, 0.717) is 5.56 Å². The average Bonchev–Trinajstić information content (AvgIpc) is 3.23. The molecule has 0 aliphatic rings. The molecule has 0 bridgehead atoms. The molecule has 0 saturated carbocycles. The molecule has 0 atom stereocenters. The highest BCUT2D eigenvalue weighted by atomic mass is 28.3. The molecule has 0 saturated heterocycles. The minimum absolute atomic E-state index is 0.114. The first-order valence-electron chi connectivity index (χ1n) is 10.5. The Morgan fingerprint density at radius 3 is 2.45 bits per heavy atom. The lowest BCUT2D eigenvalue weighted by atomic mass is 10.0. The van der Waals surface area contributed by atoms with Crippen LogP contribution in [0.1, 0.15) is 45.7 Å². The Morgan fingerprint density at radius 2 is 1.82 bits per heavy atom. The third-order valence-corrected chi connectivity index (χ3v) is 6.81. The van der Waals surface area contributed by atoms with Crippen molar-refractivity contribution in [3.05, 3.63) is 77.9 Å². The van der Waals surface area contributed by atoms with Crippen molar-refractivity contribution in [1.29, 1.82) is 0 Å². The van der Waals surface area contributed by atoms with Gasteiger partial charge in [0.25, 0.3) is 0 Å². The molecule has 1 aromatic heterocycles. The van der Waals surface area contributed by atoms with Crippen molar-refractivity contribution in [2.45, 2.75) is 51.9 Å². The van der Waals surface area contributed by atoms with Gasteiger partial charge in [0, 0.05) is 22.5 Å². The normalized spacial score (nSPS) is 11.7. The molecule has 0 spiro atoms. The number of nitrogens with zero attached hydrogens (tertiary/aromatic N) is 2. The topological polar surface area (TPSA) is 82.5 Å². The van der Waals surface area contributed by atoms with Gasteiger partial charge in [0.2, 0.25) is 0 Å². The van der Waals surface area contributed by atoms with Crippen molar-refractivity contribution >= 4 is 20.7 Å². The fourth-order valence-corrected chi connectivity index (χ4v) is 3.74. The van der Waals surface area contributed by atoms with Gasteiger partial charge in [-0.05, 0) is 37.6 Å². The molecular weight excluding hydrogens is 441 g/mol. The largest absolute Gasteiger partial charge is 0.515 e. The van der Waals surface area contributed by atoms with Crippen molar-refractivity contribution in [2.24, 2.45) is 0 Å². The molecule has 1 N–H and O–H groups in total. The third kappa shape index (κ3) is 6.35. The molecular formula is C24H28FN3O4Si. The summed E-state index contributed by atoms with van der Waals surface area (Å²) >= 11 is 0. The molecule has 7 nitrogen and oxygen atoms in total. The molecule has 0 radical (unpaired) electrons. The number of carbonyl (C=O) groups excluding carboxylic acids is 1. The van der Waals surface area contributed by atoms with Gasteiger partial charge in [-0.1, -0.05) is 51.1 Å². The number of hydrogen-bond acceptors (Lipinski definition) is 5. The molecule has 3 rings (SSSR count). The Hall–Kier alpha value is -3.33. The van der Waals surface area contributed by atoms with Crippen LogP contribution >= 0.6 is 0 Å². The van der Waals surface area contributed by atoms with Crippen molar-refractivity contribution < 1.29 is 22.8 Å². The first kappa shape index (κ1) is 24.3. The van der Waals surface area contributed by atoms with Gasteiger partial charge in [0.05, 0.1) is 6.20 Å². The van der Waals surface area contributed by atoms with E-state index < -0.39 is 31.5 Å². The lowest BCUT2D eigenvalue weighted by molar-refractivity contribution is 0.0882. The van der Waals surface area contributed by atoms with Gasteiger partial charge in [-0.15, -0.1) is 0 Å². The number of nitrogens with one attached hydrogen (secondary N) is 1. The Kier molecular flexibility index (Phi) is 7.12. The molecule has 0 aliphatic carbocycles. The van der Waals surface area contributed by atoms with Crippen LogP contribution in [0.15, 0.2) is 60.9 Å². The van der Waals surface area contributed by atoms with Gasteiger partial charge in [0.1, 0.15) is 17.9 Å². The zero-order chi connectivity index (χ0) is 24.2. The second kappa shape index (κ2) is 9.66. The maximum atomic E-state index is 14.8. The number of amides is 1. The number of hydrogen-bond donors (Lipinski definition) is 1. The van der Waals surface area contributed by atoms with Crippen LogP contribution in [0.2, 0.25) is 5.04 Å². The van der Waals surface area contributed by atoms with Crippen LogP contribution in [-0.2, 0) is 25.8 Å². The van der Waals surface area contributed by atoms with Crippen LogP contribution in [0, 0.1) is 5.82 Å². The lowest BCUT2D eigenvalue weighted by Gasteiger charge is -2.28. The van der Waals surface area contributed by atoms with E-state index in [1.165, 1.54) is 16.8 Å². The average molecular weight is 470 g/mol. The minimum Gasteiger partial charge on any atom is -0.515 e. The standard InChI is InChI=1S/C24H28FN3O4Si/c1-23(2,3)33(30)32-24(4,5)18-14-26-28(15-18)21-12-11-19(13-20(21)25)27-22(29)31-16-17-9-7-6-8-10-17/h6-15H,16H2,1-5H3,(H,27,29). The van der Waals surface area contributed by atoms with Crippen LogP contribution in [0.25, 0.3) is 5.69 Å². The van der Waals surface area contributed by atoms with Crippen molar-refractivity contribution in [2.75, 3.05) is 5.32 Å². The number of ether oxygens (including phenoxy) is 1. The minimum atomic E-state index is -2.32. The summed E-state index contributed by atoms with van der Waals surface area (Å²) in [5.74, 6) is -0.576. The van der Waals surface area contributed by atoms with Gasteiger partial charge >= 0.3 is 15.0 Å².